The molecule has 38 heavy (non-hydrogen) atoms. The molecule has 0 unspecified atom stereocenters. The average Bonchev–Trinajstić information content (AvgIpc) is 3.66. The van der Waals surface area contributed by atoms with Gasteiger partial charge in [0.25, 0.3) is 11.8 Å². The van der Waals surface area contributed by atoms with Crippen LogP contribution in [0.5, 0.6) is 0 Å². The molecule has 3 heterocycles. The van der Waals surface area contributed by atoms with Crippen molar-refractivity contribution in [2.24, 2.45) is 23.7 Å². The van der Waals surface area contributed by atoms with Crippen LogP contribution in [0.2, 0.25) is 0 Å². The highest BCUT2D eigenvalue weighted by Crippen LogP contribution is 2.44. The third-order valence-electron chi connectivity index (χ3n) is 8.44. The summed E-state index contributed by atoms with van der Waals surface area (Å²) in [5, 5.41) is 6.33. The molecule has 1 aromatic carbocycles. The number of Topliss-reactive ketones (excluding diaryl/α,β-unsaturated/α-hetero) is 2. The number of carbonyl (C=O) groups is 5. The molecule has 3 fully saturated rings. The lowest BCUT2D eigenvalue weighted by atomic mass is 9.82. The molecule has 2 aromatic rings. The van der Waals surface area contributed by atoms with Crippen molar-refractivity contribution >= 4 is 40.2 Å². The lowest BCUT2D eigenvalue weighted by Gasteiger charge is -2.28. The fourth-order valence-electron chi connectivity index (χ4n) is 6.65. The maximum atomic E-state index is 13.9. The number of H-pyrrole nitrogens is 1. The Balaban J connectivity index is 1.39. The number of likely N-dealkylation sites (tertiary alicyclic amines) is 1. The van der Waals surface area contributed by atoms with Crippen LogP contribution in [0, 0.1) is 23.7 Å². The Morgan fingerprint density at radius 3 is 2.61 bits per heavy atom. The van der Waals surface area contributed by atoms with Gasteiger partial charge < -0.3 is 20.5 Å². The molecule has 2 saturated heterocycles. The number of fused-ring (bicyclic) bond motifs is 2. The van der Waals surface area contributed by atoms with E-state index in [1.54, 1.807) is 18.7 Å². The third kappa shape index (κ3) is 5.11. The van der Waals surface area contributed by atoms with Gasteiger partial charge in [0.05, 0.1) is 6.04 Å². The second-order valence-electron chi connectivity index (χ2n) is 11.4. The number of hydrogen-bond donors (Lipinski definition) is 3. The van der Waals surface area contributed by atoms with Crippen LogP contribution in [0.4, 0.5) is 0 Å². The predicted molar refractivity (Wildman–Crippen MR) is 141 cm³/mol. The molecule has 3 amide bonds. The molecule has 1 aromatic heterocycles. The number of ketones is 2. The maximum absolute atomic E-state index is 13.9. The first kappa shape index (κ1) is 26.1. The summed E-state index contributed by atoms with van der Waals surface area (Å²) < 4.78 is 0. The number of rotatable bonds is 9. The Kier molecular flexibility index (Phi) is 7.36. The molecular formula is C29H36N4O5. The fourth-order valence-corrected chi connectivity index (χ4v) is 6.65. The minimum Gasteiger partial charge on any atom is -0.356 e. The Morgan fingerprint density at radius 1 is 1.11 bits per heavy atom. The number of para-hydroxylation sites is 1. The van der Waals surface area contributed by atoms with Crippen molar-refractivity contribution in [2.75, 3.05) is 13.1 Å². The van der Waals surface area contributed by atoms with E-state index in [0.717, 1.165) is 30.2 Å². The maximum Gasteiger partial charge on any atom is 0.287 e. The van der Waals surface area contributed by atoms with Gasteiger partial charge in [0.1, 0.15) is 5.69 Å². The van der Waals surface area contributed by atoms with Gasteiger partial charge in [-0.15, -0.1) is 0 Å². The van der Waals surface area contributed by atoms with E-state index in [9.17, 15) is 24.0 Å². The molecule has 2 aliphatic heterocycles. The van der Waals surface area contributed by atoms with Gasteiger partial charge in [0, 0.05) is 48.3 Å². The lowest BCUT2D eigenvalue weighted by molar-refractivity contribution is -0.142. The SMILES string of the molecule is CC(C)NC(=O)C(=O)[C@@H](CC(=O)[C@@H]1[C@H]2CCC[C@H]2CN1C(=O)c1cc2ccccc2[nH]1)C[C@@H]1CCNC1=O. The first-order valence-electron chi connectivity index (χ1n) is 13.8. The molecule has 5 atom stereocenters. The van der Waals surface area contributed by atoms with Crippen LogP contribution in [0.3, 0.4) is 0 Å². The van der Waals surface area contributed by atoms with Crippen LogP contribution >= 0.6 is 0 Å². The first-order valence-corrected chi connectivity index (χ1v) is 13.8. The highest BCUT2D eigenvalue weighted by Gasteiger charge is 2.50. The molecule has 1 aliphatic carbocycles. The van der Waals surface area contributed by atoms with Crippen molar-refractivity contribution in [3.63, 3.8) is 0 Å². The summed E-state index contributed by atoms with van der Waals surface area (Å²) in [6.45, 7) is 4.56. The van der Waals surface area contributed by atoms with Crippen molar-refractivity contribution in [1.29, 1.82) is 0 Å². The van der Waals surface area contributed by atoms with Crippen molar-refractivity contribution in [2.45, 2.75) is 64.5 Å². The van der Waals surface area contributed by atoms with Crippen LogP contribution < -0.4 is 10.6 Å². The Hall–Kier alpha value is -3.49. The molecule has 3 aliphatic rings. The van der Waals surface area contributed by atoms with Gasteiger partial charge in [0.15, 0.2) is 5.78 Å². The van der Waals surface area contributed by atoms with E-state index in [-0.39, 0.29) is 48.3 Å². The normalized spacial score (nSPS) is 25.4. The third-order valence-corrected chi connectivity index (χ3v) is 8.44. The second kappa shape index (κ2) is 10.7. The predicted octanol–water partition coefficient (Wildman–Crippen LogP) is 2.60. The van der Waals surface area contributed by atoms with Gasteiger partial charge >= 0.3 is 0 Å². The molecule has 5 rings (SSSR count). The summed E-state index contributed by atoms with van der Waals surface area (Å²) >= 11 is 0. The molecule has 1 saturated carbocycles. The number of amides is 3. The zero-order chi connectivity index (χ0) is 27.0. The summed E-state index contributed by atoms with van der Waals surface area (Å²) in [4.78, 5) is 70.6. The highest BCUT2D eigenvalue weighted by molar-refractivity contribution is 6.37. The Labute approximate surface area is 222 Å². The van der Waals surface area contributed by atoms with Crippen LogP contribution in [-0.2, 0) is 19.2 Å². The summed E-state index contributed by atoms with van der Waals surface area (Å²) in [5.74, 6) is -2.97. The quantitative estimate of drug-likeness (QED) is 0.438. The van der Waals surface area contributed by atoms with E-state index >= 15 is 0 Å². The van der Waals surface area contributed by atoms with Gasteiger partial charge in [-0.3, -0.25) is 24.0 Å². The standard InChI is InChI=1S/C29H36N4O5/c1-16(2)31-28(37)26(35)20(12-18-10-11-30-27(18)36)14-24(34)25-21-8-5-7-19(21)15-33(25)29(38)23-13-17-6-3-4-9-22(17)32-23/h3-4,6,9,13,16,18-21,25,32H,5,7-8,10-12,14-15H2,1-2H3,(H,30,36)(H,31,37)/t18-,19-,20+,21-,25-/m0/s1. The minimum atomic E-state index is -0.902. The summed E-state index contributed by atoms with van der Waals surface area (Å²) in [6, 6.07) is 8.60. The Morgan fingerprint density at radius 2 is 1.89 bits per heavy atom. The monoisotopic (exact) mass is 520 g/mol. The van der Waals surface area contributed by atoms with Crippen molar-refractivity contribution < 1.29 is 24.0 Å². The number of carbonyl (C=O) groups excluding carboxylic acids is 5. The molecule has 0 radical (unpaired) electrons. The number of aromatic amines is 1. The van der Waals surface area contributed by atoms with Gasteiger partial charge in [-0.05, 0) is 63.5 Å². The summed E-state index contributed by atoms with van der Waals surface area (Å²) in [7, 11) is 0. The van der Waals surface area contributed by atoms with Crippen molar-refractivity contribution in [3.8, 4) is 0 Å². The number of benzene rings is 1. The topological polar surface area (TPSA) is 128 Å². The van der Waals surface area contributed by atoms with Crippen LogP contribution in [0.15, 0.2) is 30.3 Å². The zero-order valence-corrected chi connectivity index (χ0v) is 22.0. The molecule has 3 N–H and O–H groups in total. The fraction of sp³-hybridized carbons (Fsp3) is 0.552. The van der Waals surface area contributed by atoms with E-state index in [0.29, 0.717) is 25.2 Å². The molecule has 9 nitrogen and oxygen atoms in total. The number of nitrogens with zero attached hydrogens (tertiary/aromatic N) is 1. The van der Waals surface area contributed by atoms with E-state index in [1.165, 1.54) is 0 Å². The van der Waals surface area contributed by atoms with Crippen molar-refractivity contribution in [3.05, 3.63) is 36.0 Å². The lowest BCUT2D eigenvalue weighted by Crippen LogP contribution is -2.46. The number of hydrogen-bond acceptors (Lipinski definition) is 5. The van der Waals surface area contributed by atoms with Crippen LogP contribution in [0.1, 0.15) is 62.9 Å². The minimum absolute atomic E-state index is 0.0471. The van der Waals surface area contributed by atoms with Gasteiger partial charge in [0.2, 0.25) is 11.7 Å². The van der Waals surface area contributed by atoms with Crippen LogP contribution in [0.25, 0.3) is 10.9 Å². The van der Waals surface area contributed by atoms with E-state index < -0.39 is 29.6 Å². The summed E-state index contributed by atoms with van der Waals surface area (Å²) in [5.41, 5.74) is 1.30. The van der Waals surface area contributed by atoms with Gasteiger partial charge in [-0.2, -0.15) is 0 Å². The van der Waals surface area contributed by atoms with E-state index in [2.05, 4.69) is 15.6 Å². The smallest absolute Gasteiger partial charge is 0.287 e. The number of nitrogens with one attached hydrogen (secondary N) is 3. The second-order valence-corrected chi connectivity index (χ2v) is 11.4. The first-order chi connectivity index (χ1) is 18.2. The zero-order valence-electron chi connectivity index (χ0n) is 22.0. The molecule has 0 spiro atoms. The molecular weight excluding hydrogens is 484 g/mol. The van der Waals surface area contributed by atoms with Gasteiger partial charge in [-0.1, -0.05) is 24.6 Å². The molecule has 202 valence electrons. The van der Waals surface area contributed by atoms with Crippen molar-refractivity contribution in [1.82, 2.24) is 20.5 Å². The average molecular weight is 521 g/mol. The number of aromatic nitrogens is 1. The molecule has 9 heteroatoms. The van der Waals surface area contributed by atoms with E-state index in [4.69, 9.17) is 0 Å². The van der Waals surface area contributed by atoms with Crippen LogP contribution in [-0.4, -0.2) is 64.3 Å². The summed E-state index contributed by atoms with van der Waals surface area (Å²) in [6.07, 6.45) is 3.40. The van der Waals surface area contributed by atoms with Gasteiger partial charge in [-0.25, -0.2) is 0 Å². The van der Waals surface area contributed by atoms with E-state index in [1.807, 2.05) is 30.3 Å². The Bertz CT molecular complexity index is 1230. The largest absolute Gasteiger partial charge is 0.356 e. The highest BCUT2D eigenvalue weighted by atomic mass is 16.2. The molecule has 0 bridgehead atoms.